The average Bonchev–Trinajstić information content (AvgIpc) is 2.67. The molecule has 0 atom stereocenters. The molecular formula is C20H21ClN2O5. The number of aryl methyl sites for hydroxylation is 1. The van der Waals surface area contributed by atoms with Crippen LogP contribution >= 0.6 is 11.6 Å². The molecule has 8 heteroatoms. The van der Waals surface area contributed by atoms with E-state index in [0.717, 1.165) is 5.56 Å². The third-order valence-electron chi connectivity index (χ3n) is 3.71. The molecule has 0 unspecified atom stereocenters. The Balaban J connectivity index is 1.72. The molecule has 0 heterocycles. The van der Waals surface area contributed by atoms with E-state index in [1.54, 1.807) is 36.4 Å². The molecule has 0 fully saturated rings. The minimum Gasteiger partial charge on any atom is -0.495 e. The molecule has 0 spiro atoms. The Kier molecular flexibility index (Phi) is 7.83. The van der Waals surface area contributed by atoms with Crippen LogP contribution < -0.4 is 15.4 Å². The Hall–Kier alpha value is -3.06. The van der Waals surface area contributed by atoms with Crippen molar-refractivity contribution in [3.05, 3.63) is 58.6 Å². The zero-order valence-electron chi connectivity index (χ0n) is 15.6. The van der Waals surface area contributed by atoms with Crippen molar-refractivity contribution in [2.24, 2.45) is 0 Å². The number of hydrogen-bond acceptors (Lipinski definition) is 5. The van der Waals surface area contributed by atoms with Crippen LogP contribution in [-0.2, 0) is 14.3 Å². The van der Waals surface area contributed by atoms with E-state index in [4.69, 9.17) is 21.1 Å². The third-order valence-corrected chi connectivity index (χ3v) is 3.97. The van der Waals surface area contributed by atoms with Gasteiger partial charge in [0.1, 0.15) is 5.75 Å². The first-order valence-electron chi connectivity index (χ1n) is 8.53. The summed E-state index contributed by atoms with van der Waals surface area (Å²) in [6.07, 6.45) is -0.0552. The van der Waals surface area contributed by atoms with Gasteiger partial charge in [0, 0.05) is 17.1 Å². The predicted octanol–water partition coefficient (Wildman–Crippen LogP) is 2.96. The van der Waals surface area contributed by atoms with Crippen LogP contribution in [-0.4, -0.2) is 38.0 Å². The van der Waals surface area contributed by atoms with E-state index in [2.05, 4.69) is 10.6 Å². The third kappa shape index (κ3) is 6.59. The lowest BCUT2D eigenvalue weighted by Gasteiger charge is -2.11. The van der Waals surface area contributed by atoms with Crippen molar-refractivity contribution < 1.29 is 23.9 Å². The molecule has 0 aliphatic heterocycles. The number of rotatable bonds is 8. The molecule has 0 aliphatic rings. The fourth-order valence-electron chi connectivity index (χ4n) is 2.31. The number of halogens is 1. The number of ether oxygens (including phenoxy) is 2. The second-order valence-corrected chi connectivity index (χ2v) is 6.36. The van der Waals surface area contributed by atoms with Crippen molar-refractivity contribution in [1.82, 2.24) is 5.32 Å². The first-order chi connectivity index (χ1) is 13.4. The molecule has 2 N–H and O–H groups in total. The lowest BCUT2D eigenvalue weighted by molar-refractivity contribution is -0.147. The lowest BCUT2D eigenvalue weighted by Crippen LogP contribution is -2.27. The Bertz CT molecular complexity index is 852. The molecule has 0 radical (unpaired) electrons. The SMILES string of the molecule is COc1ccc(C)cc1NC(=O)COC(=O)CCNC(=O)c1ccc(Cl)cc1. The van der Waals surface area contributed by atoms with E-state index >= 15 is 0 Å². The second-order valence-electron chi connectivity index (χ2n) is 5.93. The number of benzene rings is 2. The number of methoxy groups -OCH3 is 1. The summed E-state index contributed by atoms with van der Waals surface area (Å²) in [4.78, 5) is 35.6. The molecule has 2 aromatic rings. The molecule has 0 saturated heterocycles. The van der Waals surface area contributed by atoms with Crippen LogP contribution in [0.2, 0.25) is 5.02 Å². The molecule has 28 heavy (non-hydrogen) atoms. The molecule has 148 valence electrons. The van der Waals surface area contributed by atoms with Gasteiger partial charge in [-0.15, -0.1) is 0 Å². The minimum atomic E-state index is -0.595. The Morgan fingerprint density at radius 3 is 2.46 bits per heavy atom. The van der Waals surface area contributed by atoms with Gasteiger partial charge < -0.3 is 20.1 Å². The number of nitrogens with one attached hydrogen (secondary N) is 2. The molecule has 0 aliphatic carbocycles. The van der Waals surface area contributed by atoms with Gasteiger partial charge in [0.2, 0.25) is 0 Å². The number of carbonyl (C=O) groups excluding carboxylic acids is 3. The van der Waals surface area contributed by atoms with Crippen molar-refractivity contribution in [2.75, 3.05) is 25.6 Å². The highest BCUT2D eigenvalue weighted by atomic mass is 35.5. The number of carbonyl (C=O) groups is 3. The Labute approximate surface area is 168 Å². The number of amides is 2. The van der Waals surface area contributed by atoms with Gasteiger partial charge in [0.05, 0.1) is 19.2 Å². The van der Waals surface area contributed by atoms with Gasteiger partial charge in [-0.1, -0.05) is 17.7 Å². The van der Waals surface area contributed by atoms with E-state index in [-0.39, 0.29) is 18.9 Å². The first-order valence-corrected chi connectivity index (χ1v) is 8.90. The summed E-state index contributed by atoms with van der Waals surface area (Å²) in [5.74, 6) is -0.894. The van der Waals surface area contributed by atoms with Gasteiger partial charge in [0.25, 0.3) is 11.8 Å². The number of hydrogen-bond donors (Lipinski definition) is 2. The maximum absolute atomic E-state index is 12.0. The van der Waals surface area contributed by atoms with Crippen molar-refractivity contribution in [3.63, 3.8) is 0 Å². The van der Waals surface area contributed by atoms with Crippen LogP contribution in [0.4, 0.5) is 5.69 Å². The summed E-state index contributed by atoms with van der Waals surface area (Å²) in [5.41, 5.74) is 1.88. The molecule has 0 saturated carbocycles. The van der Waals surface area contributed by atoms with Crippen LogP contribution in [0, 0.1) is 6.92 Å². The summed E-state index contributed by atoms with van der Waals surface area (Å²) in [5, 5.41) is 5.76. The van der Waals surface area contributed by atoms with E-state index in [0.29, 0.717) is 22.0 Å². The second kappa shape index (κ2) is 10.3. The van der Waals surface area contributed by atoms with Crippen molar-refractivity contribution in [2.45, 2.75) is 13.3 Å². The van der Waals surface area contributed by atoms with Gasteiger partial charge >= 0.3 is 5.97 Å². The van der Waals surface area contributed by atoms with Gasteiger partial charge in [-0.25, -0.2) is 0 Å². The smallest absolute Gasteiger partial charge is 0.308 e. The highest BCUT2D eigenvalue weighted by molar-refractivity contribution is 6.30. The van der Waals surface area contributed by atoms with Crippen LogP contribution in [0.25, 0.3) is 0 Å². The van der Waals surface area contributed by atoms with Crippen LogP contribution in [0.15, 0.2) is 42.5 Å². The molecule has 2 aromatic carbocycles. The van der Waals surface area contributed by atoms with E-state index in [1.165, 1.54) is 7.11 Å². The monoisotopic (exact) mass is 404 g/mol. The summed E-state index contributed by atoms with van der Waals surface area (Å²) >= 11 is 5.77. The van der Waals surface area contributed by atoms with Gasteiger partial charge in [-0.05, 0) is 48.9 Å². The van der Waals surface area contributed by atoms with E-state index < -0.39 is 18.5 Å². The molecular weight excluding hydrogens is 384 g/mol. The largest absolute Gasteiger partial charge is 0.495 e. The Morgan fingerprint density at radius 2 is 1.79 bits per heavy atom. The molecule has 0 bridgehead atoms. The number of esters is 1. The average molecular weight is 405 g/mol. The molecule has 2 rings (SSSR count). The van der Waals surface area contributed by atoms with Crippen molar-refractivity contribution >= 4 is 35.1 Å². The normalized spacial score (nSPS) is 10.1. The van der Waals surface area contributed by atoms with E-state index in [1.807, 2.05) is 13.0 Å². The van der Waals surface area contributed by atoms with Crippen LogP contribution in [0.3, 0.4) is 0 Å². The summed E-state index contributed by atoms with van der Waals surface area (Å²) in [7, 11) is 1.50. The quantitative estimate of drug-likeness (QED) is 0.660. The zero-order chi connectivity index (χ0) is 20.5. The van der Waals surface area contributed by atoms with Crippen molar-refractivity contribution in [3.8, 4) is 5.75 Å². The Morgan fingerprint density at radius 1 is 1.07 bits per heavy atom. The maximum atomic E-state index is 12.0. The molecule has 2 amide bonds. The van der Waals surface area contributed by atoms with Crippen LogP contribution in [0.5, 0.6) is 5.75 Å². The molecule has 7 nitrogen and oxygen atoms in total. The predicted molar refractivity (Wildman–Crippen MR) is 106 cm³/mol. The maximum Gasteiger partial charge on any atom is 0.308 e. The molecule has 0 aromatic heterocycles. The lowest BCUT2D eigenvalue weighted by atomic mass is 10.2. The van der Waals surface area contributed by atoms with E-state index in [9.17, 15) is 14.4 Å². The summed E-state index contributed by atoms with van der Waals surface area (Å²) < 4.78 is 10.1. The van der Waals surface area contributed by atoms with Gasteiger partial charge in [-0.2, -0.15) is 0 Å². The fraction of sp³-hybridized carbons (Fsp3) is 0.250. The summed E-state index contributed by atoms with van der Waals surface area (Å²) in [6.45, 7) is 1.54. The first kappa shape index (κ1) is 21.2. The highest BCUT2D eigenvalue weighted by Crippen LogP contribution is 2.25. The van der Waals surface area contributed by atoms with Crippen molar-refractivity contribution in [1.29, 1.82) is 0 Å². The topological polar surface area (TPSA) is 93.7 Å². The van der Waals surface area contributed by atoms with Crippen LogP contribution in [0.1, 0.15) is 22.3 Å². The minimum absolute atomic E-state index is 0.0552. The number of anilines is 1. The standard InChI is InChI=1S/C20H21ClN2O5/c1-13-3-8-17(27-2)16(11-13)23-18(24)12-28-19(25)9-10-22-20(26)14-4-6-15(21)7-5-14/h3-8,11H,9-10,12H2,1-2H3,(H,22,26)(H,23,24). The highest BCUT2D eigenvalue weighted by Gasteiger charge is 2.12. The fourth-order valence-corrected chi connectivity index (χ4v) is 2.43. The zero-order valence-corrected chi connectivity index (χ0v) is 16.3. The van der Waals surface area contributed by atoms with Gasteiger partial charge in [-0.3, -0.25) is 14.4 Å². The summed E-state index contributed by atoms with van der Waals surface area (Å²) in [6, 6.07) is 11.7. The van der Waals surface area contributed by atoms with Gasteiger partial charge in [0.15, 0.2) is 6.61 Å².